The van der Waals surface area contributed by atoms with Gasteiger partial charge >= 0.3 is 0 Å². The maximum absolute atomic E-state index is 12.7. The maximum Gasteiger partial charge on any atom is 0.264 e. The smallest absolute Gasteiger partial charge is 0.264 e. The maximum atomic E-state index is 12.7. The molecule has 0 aromatic carbocycles. The highest BCUT2D eigenvalue weighted by Crippen LogP contribution is 2.29. The molecule has 0 bridgehead atoms. The molecular weight excluding hydrogens is 360 g/mol. The summed E-state index contributed by atoms with van der Waals surface area (Å²) in [6.45, 7) is 3.28. The lowest BCUT2D eigenvalue weighted by Crippen LogP contribution is -2.48. The normalized spacial score (nSPS) is 15.3. The highest BCUT2D eigenvalue weighted by atomic mass is 32.1. The van der Waals surface area contributed by atoms with E-state index in [0.717, 1.165) is 43.4 Å². The van der Waals surface area contributed by atoms with Crippen LogP contribution in [-0.4, -0.2) is 27.3 Å². The van der Waals surface area contributed by atoms with Gasteiger partial charge in [0.15, 0.2) is 0 Å². The van der Waals surface area contributed by atoms with Crippen molar-refractivity contribution in [2.45, 2.75) is 51.5 Å². The van der Waals surface area contributed by atoms with Crippen LogP contribution in [0.2, 0.25) is 0 Å². The number of nitrogens with zero attached hydrogens (tertiary/aromatic N) is 2. The van der Waals surface area contributed by atoms with Gasteiger partial charge in [-0.1, -0.05) is 31.1 Å². The Labute approximate surface area is 162 Å². The van der Waals surface area contributed by atoms with Crippen molar-refractivity contribution in [1.29, 1.82) is 0 Å². The molecular formula is C20H22N4O2S. The summed E-state index contributed by atoms with van der Waals surface area (Å²) in [5, 5.41) is 5.80. The fourth-order valence-electron chi connectivity index (χ4n) is 3.14. The van der Waals surface area contributed by atoms with Crippen LogP contribution in [0.25, 0.3) is 0 Å². The van der Waals surface area contributed by atoms with Gasteiger partial charge in [0.2, 0.25) is 5.91 Å². The predicted octanol–water partition coefficient (Wildman–Crippen LogP) is 3.29. The lowest BCUT2D eigenvalue weighted by Gasteiger charge is -2.33. The zero-order chi connectivity index (χ0) is 19.3. The lowest BCUT2D eigenvalue weighted by atomic mass is 9.82. The number of aryl methyl sites for hydroxylation is 1. The Morgan fingerprint density at radius 3 is 2.56 bits per heavy atom. The van der Waals surface area contributed by atoms with Gasteiger partial charge in [-0.25, -0.2) is 9.97 Å². The van der Waals surface area contributed by atoms with E-state index >= 15 is 0 Å². The van der Waals surface area contributed by atoms with Gasteiger partial charge in [0.1, 0.15) is 16.2 Å². The van der Waals surface area contributed by atoms with E-state index < -0.39 is 5.54 Å². The molecule has 1 aliphatic carbocycles. The third-order valence-electron chi connectivity index (χ3n) is 4.53. The number of nitrogens with one attached hydrogen (secondary N) is 2. The summed E-state index contributed by atoms with van der Waals surface area (Å²) in [4.78, 5) is 32.8. The Bertz CT molecular complexity index is 887. The number of thiazole rings is 1. The lowest BCUT2D eigenvalue weighted by molar-refractivity contribution is -0.114. The third kappa shape index (κ3) is 4.92. The second-order valence-electron chi connectivity index (χ2n) is 6.73. The van der Waals surface area contributed by atoms with Crippen molar-refractivity contribution < 1.29 is 9.59 Å². The van der Waals surface area contributed by atoms with Crippen molar-refractivity contribution in [2.75, 3.05) is 5.32 Å². The monoisotopic (exact) mass is 382 g/mol. The van der Waals surface area contributed by atoms with Gasteiger partial charge in [0, 0.05) is 18.7 Å². The van der Waals surface area contributed by atoms with Gasteiger partial charge in [-0.15, -0.1) is 11.3 Å². The van der Waals surface area contributed by atoms with E-state index in [1.54, 1.807) is 17.8 Å². The minimum atomic E-state index is -0.526. The van der Waals surface area contributed by atoms with Gasteiger partial charge in [-0.05, 0) is 31.9 Å². The fraction of sp³-hybridized carbons (Fsp3) is 0.400. The quantitative estimate of drug-likeness (QED) is 0.798. The van der Waals surface area contributed by atoms with E-state index in [1.807, 2.05) is 13.0 Å². The van der Waals surface area contributed by atoms with E-state index in [-0.39, 0.29) is 11.8 Å². The highest BCUT2D eigenvalue weighted by molar-refractivity contribution is 7.11. The molecule has 1 fully saturated rings. The fourth-order valence-corrected chi connectivity index (χ4v) is 3.84. The first-order valence-corrected chi connectivity index (χ1v) is 9.85. The van der Waals surface area contributed by atoms with Crippen molar-refractivity contribution in [3.63, 3.8) is 0 Å². The van der Waals surface area contributed by atoms with Crippen LogP contribution >= 0.6 is 11.3 Å². The molecule has 2 heterocycles. The average Bonchev–Trinajstić information content (AvgIpc) is 3.08. The summed E-state index contributed by atoms with van der Waals surface area (Å²) in [6.07, 6.45) is 6.53. The molecule has 27 heavy (non-hydrogen) atoms. The van der Waals surface area contributed by atoms with Crippen molar-refractivity contribution in [1.82, 2.24) is 15.3 Å². The first kappa shape index (κ1) is 19.1. The molecule has 2 aromatic rings. The molecule has 140 valence electrons. The van der Waals surface area contributed by atoms with Crippen molar-refractivity contribution >= 4 is 29.0 Å². The van der Waals surface area contributed by atoms with Gasteiger partial charge < -0.3 is 10.6 Å². The molecule has 0 unspecified atom stereocenters. The molecule has 6 nitrogen and oxygen atoms in total. The van der Waals surface area contributed by atoms with Crippen LogP contribution in [0.1, 0.15) is 60.0 Å². The summed E-state index contributed by atoms with van der Waals surface area (Å²) in [7, 11) is 0. The number of anilines is 1. The molecule has 0 spiro atoms. The molecule has 3 rings (SSSR count). The first-order chi connectivity index (χ1) is 13.0. The SMILES string of the molecule is CC(=O)Nc1ccc(C#CC2(NC(=O)c3scnc3C)CCCCC2)cn1. The van der Waals surface area contributed by atoms with Crippen LogP contribution in [0.3, 0.4) is 0 Å². The van der Waals surface area contributed by atoms with E-state index in [2.05, 4.69) is 32.4 Å². The number of amides is 2. The first-order valence-electron chi connectivity index (χ1n) is 8.97. The van der Waals surface area contributed by atoms with E-state index in [1.165, 1.54) is 18.3 Å². The molecule has 2 amide bonds. The predicted molar refractivity (Wildman–Crippen MR) is 106 cm³/mol. The Hall–Kier alpha value is -2.72. The number of aromatic nitrogens is 2. The van der Waals surface area contributed by atoms with Gasteiger partial charge in [-0.2, -0.15) is 0 Å². The number of rotatable bonds is 3. The van der Waals surface area contributed by atoms with Gasteiger partial charge in [0.25, 0.3) is 5.91 Å². The Morgan fingerprint density at radius 2 is 1.96 bits per heavy atom. The van der Waals surface area contributed by atoms with Crippen LogP contribution in [0.5, 0.6) is 0 Å². The molecule has 2 aromatic heterocycles. The minimum Gasteiger partial charge on any atom is -0.335 e. The summed E-state index contributed by atoms with van der Waals surface area (Å²) in [5.41, 5.74) is 2.65. The molecule has 1 aliphatic rings. The zero-order valence-electron chi connectivity index (χ0n) is 15.5. The third-order valence-corrected chi connectivity index (χ3v) is 5.45. The highest BCUT2D eigenvalue weighted by Gasteiger charge is 2.32. The topological polar surface area (TPSA) is 84.0 Å². The Kier molecular flexibility index (Phi) is 5.87. The van der Waals surface area contributed by atoms with Gasteiger partial charge in [-0.3, -0.25) is 9.59 Å². The summed E-state index contributed by atoms with van der Waals surface area (Å²) in [5.74, 6) is 6.67. The molecule has 2 N–H and O–H groups in total. The van der Waals surface area contributed by atoms with Gasteiger partial charge in [0.05, 0.1) is 11.2 Å². The minimum absolute atomic E-state index is 0.106. The summed E-state index contributed by atoms with van der Waals surface area (Å²) < 4.78 is 0. The standard InChI is InChI=1S/C20H22N4O2S/c1-14-18(27-13-22-14)19(26)24-20(9-4-3-5-10-20)11-8-16-6-7-17(21-12-16)23-15(2)25/h6-7,12-13H,3-5,9-10H2,1-2H3,(H,24,26)(H,21,23,25). The number of carbonyl (C=O) groups excluding carboxylic acids is 2. The Morgan fingerprint density at radius 1 is 1.19 bits per heavy atom. The molecule has 0 radical (unpaired) electrons. The number of pyridine rings is 1. The number of hydrogen-bond donors (Lipinski definition) is 2. The van der Waals surface area contributed by atoms with Crippen LogP contribution in [0.4, 0.5) is 5.82 Å². The Balaban J connectivity index is 1.79. The molecule has 0 saturated heterocycles. The summed E-state index contributed by atoms with van der Waals surface area (Å²) in [6, 6.07) is 3.54. The zero-order valence-corrected chi connectivity index (χ0v) is 16.3. The van der Waals surface area contributed by atoms with Crippen molar-refractivity contribution in [3.8, 4) is 11.8 Å². The van der Waals surface area contributed by atoms with E-state index in [0.29, 0.717) is 10.7 Å². The largest absolute Gasteiger partial charge is 0.335 e. The van der Waals surface area contributed by atoms with Crippen LogP contribution < -0.4 is 10.6 Å². The molecule has 7 heteroatoms. The second-order valence-corrected chi connectivity index (χ2v) is 7.58. The second kappa shape index (κ2) is 8.31. The van der Waals surface area contributed by atoms with E-state index in [9.17, 15) is 9.59 Å². The summed E-state index contributed by atoms with van der Waals surface area (Å²) >= 11 is 1.35. The number of hydrogen-bond acceptors (Lipinski definition) is 5. The average molecular weight is 382 g/mol. The molecule has 0 aliphatic heterocycles. The van der Waals surface area contributed by atoms with E-state index in [4.69, 9.17) is 0 Å². The van der Waals surface area contributed by atoms with Crippen molar-refractivity contribution in [3.05, 3.63) is 40.0 Å². The van der Waals surface area contributed by atoms with Crippen molar-refractivity contribution in [2.24, 2.45) is 0 Å². The molecule has 1 saturated carbocycles. The van der Waals surface area contributed by atoms with Crippen LogP contribution in [0.15, 0.2) is 23.8 Å². The van der Waals surface area contributed by atoms with Crippen LogP contribution in [-0.2, 0) is 4.79 Å². The molecule has 0 atom stereocenters. The number of carbonyl (C=O) groups is 2. The van der Waals surface area contributed by atoms with Crippen LogP contribution in [0, 0.1) is 18.8 Å².